The lowest BCUT2D eigenvalue weighted by atomic mass is 10.3. The number of ether oxygens (including phenoxy) is 1. The van der Waals surface area contributed by atoms with Gasteiger partial charge in [0, 0.05) is 5.69 Å². The van der Waals surface area contributed by atoms with Crippen LogP contribution in [0, 0.1) is 0 Å². The van der Waals surface area contributed by atoms with Crippen LogP contribution in [0.4, 0.5) is 9.57 Å². The second-order valence-electron chi connectivity index (χ2n) is 4.56. The molecular weight excluding hydrogens is 325 g/mol. The average molecular weight is 339 g/mol. The summed E-state index contributed by atoms with van der Waals surface area (Å²) in [7, 11) is -5.07. The molecule has 23 heavy (non-hydrogen) atoms. The van der Waals surface area contributed by atoms with Gasteiger partial charge in [-0.05, 0) is 43.3 Å². The number of hydrogen-bond acceptors (Lipinski definition) is 5. The molecule has 2 rings (SSSR count). The van der Waals surface area contributed by atoms with E-state index >= 15 is 0 Å². The minimum Gasteiger partial charge on any atom is -0.481 e. The van der Waals surface area contributed by atoms with Gasteiger partial charge in [-0.25, -0.2) is 0 Å². The maximum absolute atomic E-state index is 12.4. The zero-order valence-corrected chi connectivity index (χ0v) is 12.9. The smallest absolute Gasteiger partial charge is 0.481 e. The fraction of sp³-hybridized carbons (Fsp3) is 0.133. The SMILES string of the molecule is CC(Oc1ccccc1)C(=O)Nc1ccc(OS(=O)(=O)F)cc1. The lowest BCUT2D eigenvalue weighted by Gasteiger charge is -2.14. The van der Waals surface area contributed by atoms with Gasteiger partial charge in [-0.1, -0.05) is 22.1 Å². The summed E-state index contributed by atoms with van der Waals surface area (Å²) in [5.74, 6) is -0.0215. The van der Waals surface area contributed by atoms with Gasteiger partial charge in [-0.15, -0.1) is 0 Å². The summed E-state index contributed by atoms with van der Waals surface area (Å²) in [6.07, 6.45) is -0.737. The Labute approximate surface area is 133 Å². The van der Waals surface area contributed by atoms with E-state index in [1.165, 1.54) is 24.3 Å². The Morgan fingerprint density at radius 1 is 1.04 bits per heavy atom. The molecule has 0 saturated heterocycles. The minimum absolute atomic E-state index is 0.195. The van der Waals surface area contributed by atoms with Crippen LogP contribution in [0.1, 0.15) is 6.92 Å². The van der Waals surface area contributed by atoms with E-state index in [9.17, 15) is 17.1 Å². The van der Waals surface area contributed by atoms with Gasteiger partial charge in [0.05, 0.1) is 0 Å². The van der Waals surface area contributed by atoms with Crippen molar-refractivity contribution in [1.82, 2.24) is 0 Å². The van der Waals surface area contributed by atoms with Gasteiger partial charge >= 0.3 is 10.5 Å². The molecule has 0 radical (unpaired) electrons. The Hall–Kier alpha value is -2.61. The number of benzene rings is 2. The third kappa shape index (κ3) is 5.59. The maximum atomic E-state index is 12.4. The van der Waals surface area contributed by atoms with Crippen LogP contribution >= 0.6 is 0 Å². The van der Waals surface area contributed by atoms with Crippen molar-refractivity contribution in [3.05, 3.63) is 54.6 Å². The Kier molecular flexibility index (Phi) is 5.17. The summed E-state index contributed by atoms with van der Waals surface area (Å²) in [4.78, 5) is 12.0. The summed E-state index contributed by atoms with van der Waals surface area (Å²) < 4.78 is 42.6. The van der Waals surface area contributed by atoms with Crippen molar-refractivity contribution in [3.8, 4) is 11.5 Å². The second kappa shape index (κ2) is 7.10. The number of carbonyl (C=O) groups excluding carboxylic acids is 1. The Balaban J connectivity index is 1.94. The topological polar surface area (TPSA) is 81.7 Å². The third-order valence-electron chi connectivity index (χ3n) is 2.74. The number of carbonyl (C=O) groups is 1. The number of amides is 1. The summed E-state index contributed by atoms with van der Waals surface area (Å²) >= 11 is 0. The van der Waals surface area contributed by atoms with E-state index in [0.717, 1.165) is 0 Å². The van der Waals surface area contributed by atoms with E-state index in [1.807, 2.05) is 6.07 Å². The molecule has 0 spiro atoms. The van der Waals surface area contributed by atoms with Gasteiger partial charge in [0.25, 0.3) is 5.91 Å². The van der Waals surface area contributed by atoms with E-state index in [1.54, 1.807) is 31.2 Å². The maximum Gasteiger partial charge on any atom is 0.488 e. The van der Waals surface area contributed by atoms with Gasteiger partial charge in [-0.3, -0.25) is 4.79 Å². The highest BCUT2D eigenvalue weighted by Gasteiger charge is 2.15. The van der Waals surface area contributed by atoms with Crippen LogP contribution < -0.4 is 14.2 Å². The van der Waals surface area contributed by atoms with Crippen molar-refractivity contribution >= 4 is 22.1 Å². The number of hydrogen-bond donors (Lipinski definition) is 1. The molecule has 0 aromatic heterocycles. The average Bonchev–Trinajstić information content (AvgIpc) is 2.48. The Morgan fingerprint density at radius 3 is 2.22 bits per heavy atom. The Morgan fingerprint density at radius 2 is 1.65 bits per heavy atom. The summed E-state index contributed by atoms with van der Waals surface area (Å²) in [6, 6.07) is 14.1. The van der Waals surface area contributed by atoms with Crippen LogP contribution in [0.15, 0.2) is 54.6 Å². The van der Waals surface area contributed by atoms with E-state index < -0.39 is 16.6 Å². The monoisotopic (exact) mass is 339 g/mol. The molecule has 1 unspecified atom stereocenters. The van der Waals surface area contributed by atoms with Gasteiger partial charge < -0.3 is 14.2 Å². The first kappa shape index (κ1) is 16.8. The summed E-state index contributed by atoms with van der Waals surface area (Å²) in [6.45, 7) is 1.59. The molecule has 0 fully saturated rings. The van der Waals surface area contributed by atoms with Gasteiger partial charge in [0.1, 0.15) is 11.5 Å². The minimum atomic E-state index is -5.07. The molecule has 2 aromatic rings. The van der Waals surface area contributed by atoms with Gasteiger partial charge in [-0.2, -0.15) is 8.42 Å². The fourth-order valence-corrected chi connectivity index (χ4v) is 2.05. The van der Waals surface area contributed by atoms with Gasteiger partial charge in [0.15, 0.2) is 6.10 Å². The number of anilines is 1. The normalized spacial score (nSPS) is 12.3. The lowest BCUT2D eigenvalue weighted by molar-refractivity contribution is -0.122. The first-order valence-electron chi connectivity index (χ1n) is 6.60. The predicted octanol–water partition coefficient (Wildman–Crippen LogP) is 2.69. The van der Waals surface area contributed by atoms with Crippen LogP contribution in [0.5, 0.6) is 11.5 Å². The molecular formula is C15H14FNO5S. The molecule has 6 nitrogen and oxygen atoms in total. The molecule has 0 aliphatic rings. The van der Waals surface area contributed by atoms with Crippen LogP contribution in [-0.4, -0.2) is 20.4 Å². The Bertz CT molecular complexity index is 762. The molecule has 0 aliphatic heterocycles. The molecule has 0 bridgehead atoms. The molecule has 0 saturated carbocycles. The van der Waals surface area contributed by atoms with E-state index in [-0.39, 0.29) is 11.7 Å². The largest absolute Gasteiger partial charge is 0.488 e. The first-order chi connectivity index (χ1) is 10.8. The second-order valence-corrected chi connectivity index (χ2v) is 5.52. The van der Waals surface area contributed by atoms with Crippen LogP contribution in [-0.2, 0) is 15.3 Å². The highest BCUT2D eigenvalue weighted by molar-refractivity contribution is 7.81. The highest BCUT2D eigenvalue weighted by Crippen LogP contribution is 2.18. The molecule has 1 atom stereocenters. The van der Waals surface area contributed by atoms with E-state index in [4.69, 9.17) is 4.74 Å². The molecule has 8 heteroatoms. The van der Waals surface area contributed by atoms with Crippen molar-refractivity contribution in [1.29, 1.82) is 0 Å². The van der Waals surface area contributed by atoms with Crippen LogP contribution in [0.3, 0.4) is 0 Å². The third-order valence-corrected chi connectivity index (χ3v) is 3.13. The molecule has 0 aliphatic carbocycles. The summed E-state index contributed by atoms with van der Waals surface area (Å²) in [5, 5.41) is 2.59. The van der Waals surface area contributed by atoms with E-state index in [0.29, 0.717) is 11.4 Å². The first-order valence-corrected chi connectivity index (χ1v) is 7.91. The molecule has 122 valence electrons. The van der Waals surface area contributed by atoms with Crippen molar-refractivity contribution in [2.75, 3.05) is 5.32 Å². The van der Waals surface area contributed by atoms with Crippen molar-refractivity contribution in [2.24, 2.45) is 0 Å². The molecule has 1 N–H and O–H groups in total. The number of para-hydroxylation sites is 1. The molecule has 2 aromatic carbocycles. The highest BCUT2D eigenvalue weighted by atomic mass is 32.3. The summed E-state index contributed by atoms with van der Waals surface area (Å²) in [5.41, 5.74) is 0.391. The van der Waals surface area contributed by atoms with Gasteiger partial charge in [0.2, 0.25) is 0 Å². The van der Waals surface area contributed by atoms with Crippen LogP contribution in [0.2, 0.25) is 0 Å². The molecule has 1 amide bonds. The number of nitrogens with one attached hydrogen (secondary N) is 1. The number of halogens is 1. The van der Waals surface area contributed by atoms with Crippen LogP contribution in [0.25, 0.3) is 0 Å². The zero-order chi connectivity index (χ0) is 16.9. The predicted molar refractivity (Wildman–Crippen MR) is 82.3 cm³/mol. The van der Waals surface area contributed by atoms with Crippen molar-refractivity contribution < 1.29 is 26.0 Å². The zero-order valence-electron chi connectivity index (χ0n) is 12.1. The molecule has 0 heterocycles. The lowest BCUT2D eigenvalue weighted by Crippen LogP contribution is -2.30. The number of rotatable bonds is 6. The fourth-order valence-electron chi connectivity index (χ4n) is 1.71. The van der Waals surface area contributed by atoms with E-state index in [2.05, 4.69) is 9.50 Å². The standard InChI is InChI=1S/C15H14FNO5S/c1-11(21-13-5-3-2-4-6-13)15(18)17-12-7-9-14(10-8-12)22-23(16,19)20/h2-11H,1H3,(H,17,18). The van der Waals surface area contributed by atoms with Crippen molar-refractivity contribution in [3.63, 3.8) is 0 Å². The van der Waals surface area contributed by atoms with Crippen molar-refractivity contribution in [2.45, 2.75) is 13.0 Å². The quantitative estimate of drug-likeness (QED) is 0.818.